The molecule has 0 saturated heterocycles. The lowest BCUT2D eigenvalue weighted by Gasteiger charge is -2.19. The molecule has 1 aromatic carbocycles. The molecule has 0 radical (unpaired) electrons. The highest BCUT2D eigenvalue weighted by Gasteiger charge is 2.20. The summed E-state index contributed by atoms with van der Waals surface area (Å²) >= 11 is 0. The van der Waals surface area contributed by atoms with Crippen LogP contribution in [0.25, 0.3) is 5.57 Å². The van der Waals surface area contributed by atoms with Gasteiger partial charge in [0.25, 0.3) is 0 Å². The van der Waals surface area contributed by atoms with Crippen LogP contribution in [-0.2, 0) is 0 Å². The summed E-state index contributed by atoms with van der Waals surface area (Å²) in [5, 5.41) is 0. The number of halogens is 1. The molecule has 0 fully saturated rings. The van der Waals surface area contributed by atoms with Crippen molar-refractivity contribution in [1.29, 1.82) is 0 Å². The predicted octanol–water partition coefficient (Wildman–Crippen LogP) is 4.59. The Labute approximate surface area is 96.5 Å². The van der Waals surface area contributed by atoms with Gasteiger partial charge in [-0.15, -0.1) is 0 Å². The zero-order chi connectivity index (χ0) is 11.8. The van der Waals surface area contributed by atoms with Gasteiger partial charge in [0.15, 0.2) is 0 Å². The highest BCUT2D eigenvalue weighted by atomic mass is 19.1. The molecule has 1 aromatic rings. The van der Waals surface area contributed by atoms with Crippen LogP contribution in [-0.4, -0.2) is 0 Å². The molecule has 0 atom stereocenters. The average molecular weight is 216 g/mol. The van der Waals surface area contributed by atoms with E-state index in [0.717, 1.165) is 12.0 Å². The number of hydrogen-bond donors (Lipinski definition) is 0. The van der Waals surface area contributed by atoms with E-state index in [9.17, 15) is 4.39 Å². The molecular weight excluding hydrogens is 199 g/mol. The van der Waals surface area contributed by atoms with Crippen molar-refractivity contribution in [2.75, 3.05) is 0 Å². The van der Waals surface area contributed by atoms with Gasteiger partial charge < -0.3 is 0 Å². The Kier molecular flexibility index (Phi) is 2.71. The third-order valence-electron chi connectivity index (χ3n) is 3.01. The maximum atomic E-state index is 12.8. The second kappa shape index (κ2) is 3.89. The van der Waals surface area contributed by atoms with Crippen molar-refractivity contribution in [2.24, 2.45) is 5.41 Å². The van der Waals surface area contributed by atoms with Gasteiger partial charge in [-0.2, -0.15) is 0 Å². The Hall–Kier alpha value is -1.37. The molecule has 1 heteroatoms. The number of benzene rings is 1. The van der Waals surface area contributed by atoms with Crippen LogP contribution in [0.3, 0.4) is 0 Å². The lowest BCUT2D eigenvalue weighted by atomic mass is 9.86. The summed E-state index contributed by atoms with van der Waals surface area (Å²) in [4.78, 5) is 0. The Morgan fingerprint density at radius 2 is 1.69 bits per heavy atom. The third-order valence-corrected chi connectivity index (χ3v) is 3.01. The molecule has 84 valence electrons. The van der Waals surface area contributed by atoms with E-state index in [-0.39, 0.29) is 11.2 Å². The van der Waals surface area contributed by atoms with Gasteiger partial charge in [0.1, 0.15) is 5.82 Å². The molecule has 1 aliphatic rings. The maximum absolute atomic E-state index is 12.8. The largest absolute Gasteiger partial charge is 0.207 e. The normalized spacial score (nSPS) is 16.0. The van der Waals surface area contributed by atoms with E-state index < -0.39 is 0 Å². The molecule has 0 bridgehead atoms. The summed E-state index contributed by atoms with van der Waals surface area (Å²) in [5.41, 5.74) is 3.97. The van der Waals surface area contributed by atoms with Crippen LogP contribution >= 0.6 is 0 Å². The van der Waals surface area contributed by atoms with Crippen molar-refractivity contribution in [2.45, 2.75) is 27.2 Å². The van der Waals surface area contributed by atoms with Gasteiger partial charge in [-0.1, -0.05) is 50.6 Å². The zero-order valence-electron chi connectivity index (χ0n) is 10.0. The first-order valence-electron chi connectivity index (χ1n) is 5.64. The molecule has 0 aliphatic heterocycles. The van der Waals surface area contributed by atoms with Crippen LogP contribution in [0.4, 0.5) is 4.39 Å². The van der Waals surface area contributed by atoms with E-state index in [2.05, 4.69) is 32.9 Å². The van der Waals surface area contributed by atoms with E-state index in [1.165, 1.54) is 23.3 Å². The van der Waals surface area contributed by atoms with Crippen LogP contribution in [0.15, 0.2) is 42.0 Å². The van der Waals surface area contributed by atoms with Crippen molar-refractivity contribution < 1.29 is 4.39 Å². The van der Waals surface area contributed by atoms with E-state index >= 15 is 0 Å². The second-order valence-electron chi connectivity index (χ2n) is 5.29. The minimum Gasteiger partial charge on any atom is -0.207 e. The molecule has 0 heterocycles. The van der Waals surface area contributed by atoms with Crippen LogP contribution in [0, 0.1) is 11.2 Å². The quantitative estimate of drug-likeness (QED) is 0.644. The Morgan fingerprint density at radius 1 is 1.06 bits per heavy atom. The monoisotopic (exact) mass is 216 g/mol. The van der Waals surface area contributed by atoms with Gasteiger partial charge in [-0.25, -0.2) is 4.39 Å². The van der Waals surface area contributed by atoms with E-state index in [1.54, 1.807) is 0 Å². The molecular formula is C15H17F. The molecule has 0 N–H and O–H groups in total. The Bertz CT molecular complexity index is 441. The van der Waals surface area contributed by atoms with Crippen molar-refractivity contribution >= 4 is 5.57 Å². The first-order chi connectivity index (χ1) is 7.47. The molecule has 0 spiro atoms. The summed E-state index contributed by atoms with van der Waals surface area (Å²) in [7, 11) is 0. The van der Waals surface area contributed by atoms with Crippen molar-refractivity contribution in [3.63, 3.8) is 0 Å². The van der Waals surface area contributed by atoms with Gasteiger partial charge in [0, 0.05) is 0 Å². The van der Waals surface area contributed by atoms with Crippen molar-refractivity contribution in [1.82, 2.24) is 0 Å². The third kappa shape index (κ3) is 2.24. The summed E-state index contributed by atoms with van der Waals surface area (Å²) < 4.78 is 12.8. The van der Waals surface area contributed by atoms with E-state index in [1.807, 2.05) is 12.1 Å². The number of rotatable bonds is 1. The fourth-order valence-electron chi connectivity index (χ4n) is 1.89. The minimum absolute atomic E-state index is 0.178. The molecule has 0 aromatic heterocycles. The zero-order valence-corrected chi connectivity index (χ0v) is 10.0. The summed E-state index contributed by atoms with van der Waals surface area (Å²) in [6.07, 6.45) is 5.46. The van der Waals surface area contributed by atoms with Gasteiger partial charge >= 0.3 is 0 Å². The smallest absolute Gasteiger partial charge is 0.123 e. The van der Waals surface area contributed by atoms with Crippen LogP contribution < -0.4 is 0 Å². The summed E-state index contributed by atoms with van der Waals surface area (Å²) in [5.74, 6) is -0.178. The van der Waals surface area contributed by atoms with Crippen molar-refractivity contribution in [3.05, 3.63) is 53.4 Å². The lowest BCUT2D eigenvalue weighted by Crippen LogP contribution is -2.07. The summed E-state index contributed by atoms with van der Waals surface area (Å²) in [6, 6.07) is 6.70. The average Bonchev–Trinajstić information content (AvgIpc) is 2.67. The first-order valence-corrected chi connectivity index (χ1v) is 5.64. The van der Waals surface area contributed by atoms with E-state index in [0.29, 0.717) is 0 Å². The van der Waals surface area contributed by atoms with Gasteiger partial charge in [-0.3, -0.25) is 0 Å². The molecule has 0 amide bonds. The minimum atomic E-state index is -0.178. The van der Waals surface area contributed by atoms with Crippen LogP contribution in [0.1, 0.15) is 32.8 Å². The van der Waals surface area contributed by atoms with Crippen LogP contribution in [0.5, 0.6) is 0 Å². The second-order valence-corrected chi connectivity index (χ2v) is 5.29. The summed E-state index contributed by atoms with van der Waals surface area (Å²) in [6.45, 7) is 6.67. The fourth-order valence-corrected chi connectivity index (χ4v) is 1.89. The van der Waals surface area contributed by atoms with Gasteiger partial charge in [0.05, 0.1) is 0 Å². The molecule has 0 nitrogen and oxygen atoms in total. The van der Waals surface area contributed by atoms with Gasteiger partial charge in [-0.05, 0) is 35.1 Å². The SMILES string of the molecule is CC(C)(C)C1=CC(c2ccc(F)cc2)=CC1. The molecule has 0 unspecified atom stereocenters. The maximum Gasteiger partial charge on any atom is 0.123 e. The fraction of sp³-hybridized carbons (Fsp3) is 0.333. The number of allylic oxidation sites excluding steroid dienone is 4. The Balaban J connectivity index is 2.25. The van der Waals surface area contributed by atoms with Gasteiger partial charge in [0.2, 0.25) is 0 Å². The first kappa shape index (κ1) is 11.1. The highest BCUT2D eigenvalue weighted by molar-refractivity contribution is 5.77. The molecule has 16 heavy (non-hydrogen) atoms. The van der Waals surface area contributed by atoms with Crippen LogP contribution in [0.2, 0.25) is 0 Å². The molecule has 2 rings (SSSR count). The highest BCUT2D eigenvalue weighted by Crippen LogP contribution is 2.36. The number of hydrogen-bond acceptors (Lipinski definition) is 0. The Morgan fingerprint density at radius 3 is 2.19 bits per heavy atom. The van der Waals surface area contributed by atoms with E-state index in [4.69, 9.17) is 0 Å². The topological polar surface area (TPSA) is 0 Å². The standard InChI is InChI=1S/C15H17F/c1-15(2,3)13-7-4-12(10-13)11-5-8-14(16)9-6-11/h4-6,8-10H,7H2,1-3H3. The predicted molar refractivity (Wildman–Crippen MR) is 66.5 cm³/mol. The lowest BCUT2D eigenvalue weighted by molar-refractivity contribution is 0.496. The molecule has 1 aliphatic carbocycles. The molecule has 0 saturated carbocycles. The van der Waals surface area contributed by atoms with Crippen molar-refractivity contribution in [3.8, 4) is 0 Å².